The summed E-state index contributed by atoms with van der Waals surface area (Å²) in [5.41, 5.74) is 0.855. The fraction of sp³-hybridized carbons (Fsp3) is 0.500. The lowest BCUT2D eigenvalue weighted by Gasteiger charge is -2.44. The molecule has 1 spiro atoms. The average molecular weight is 263 g/mol. The average Bonchev–Trinajstić information content (AvgIpc) is 2.76. The van der Waals surface area contributed by atoms with E-state index in [2.05, 4.69) is 29.6 Å². The van der Waals surface area contributed by atoms with Crippen LogP contribution in [0, 0.1) is 5.92 Å². The number of thioether (sulfide) groups is 1. The van der Waals surface area contributed by atoms with Crippen LogP contribution in [0.25, 0.3) is 0 Å². The maximum absolute atomic E-state index is 12.0. The highest BCUT2D eigenvalue weighted by atomic mass is 32.2. The molecule has 3 unspecified atom stereocenters. The monoisotopic (exact) mass is 263 g/mol. The molecule has 4 heteroatoms. The molecule has 1 fully saturated rings. The zero-order chi connectivity index (χ0) is 12.6. The first kappa shape index (κ1) is 12.1. The Balaban J connectivity index is 1.89. The summed E-state index contributed by atoms with van der Waals surface area (Å²) in [6, 6.07) is 0.314. The van der Waals surface area contributed by atoms with Gasteiger partial charge in [0, 0.05) is 17.5 Å². The zero-order valence-electron chi connectivity index (χ0n) is 10.4. The highest BCUT2D eigenvalue weighted by molar-refractivity contribution is 8.04. The Labute approximate surface area is 111 Å². The molecule has 0 bridgehead atoms. The first-order chi connectivity index (χ1) is 8.78. The Morgan fingerprint density at radius 1 is 1.61 bits per heavy atom. The lowest BCUT2D eigenvalue weighted by atomic mass is 9.74. The lowest BCUT2D eigenvalue weighted by Crippen LogP contribution is -2.55. The molecule has 2 aliphatic heterocycles. The van der Waals surface area contributed by atoms with E-state index in [-0.39, 0.29) is 16.6 Å². The fourth-order valence-corrected chi connectivity index (χ4v) is 4.52. The second kappa shape index (κ2) is 4.59. The summed E-state index contributed by atoms with van der Waals surface area (Å²) in [5, 5.41) is 5.54. The molecular formula is C14H17NO2S. The standard InChI is InChI=1S/C14H17NO2S/c1-2-17-13(16)10-9-18-14-7-4-3-5-12(14)15-8-6-11(10)14/h3-5,7,9,11-12,15H,2,6,8H2,1H3. The van der Waals surface area contributed by atoms with Crippen LogP contribution in [0.5, 0.6) is 0 Å². The van der Waals surface area contributed by atoms with E-state index in [1.165, 1.54) is 0 Å². The Hall–Kier alpha value is -1.00. The van der Waals surface area contributed by atoms with Crippen LogP contribution < -0.4 is 5.32 Å². The van der Waals surface area contributed by atoms with Crippen LogP contribution >= 0.6 is 11.8 Å². The third-order valence-electron chi connectivity index (χ3n) is 3.88. The summed E-state index contributed by atoms with van der Waals surface area (Å²) in [7, 11) is 0. The van der Waals surface area contributed by atoms with Gasteiger partial charge in [-0.05, 0) is 25.3 Å². The molecule has 0 aromatic heterocycles. The number of carbonyl (C=O) groups excluding carboxylic acids is 1. The molecule has 0 aromatic rings. The minimum absolute atomic E-state index is 0.0188. The number of carbonyl (C=O) groups is 1. The van der Waals surface area contributed by atoms with Crippen molar-refractivity contribution in [3.05, 3.63) is 35.3 Å². The van der Waals surface area contributed by atoms with Gasteiger partial charge in [-0.2, -0.15) is 0 Å². The number of nitrogens with one attached hydrogen (secondary N) is 1. The van der Waals surface area contributed by atoms with Crippen molar-refractivity contribution in [3.63, 3.8) is 0 Å². The largest absolute Gasteiger partial charge is 0.463 e. The molecule has 1 saturated heterocycles. The van der Waals surface area contributed by atoms with Crippen LogP contribution in [0.2, 0.25) is 0 Å². The summed E-state index contributed by atoms with van der Waals surface area (Å²) >= 11 is 1.76. The van der Waals surface area contributed by atoms with Crippen LogP contribution in [-0.2, 0) is 9.53 Å². The van der Waals surface area contributed by atoms with Gasteiger partial charge in [0.15, 0.2) is 0 Å². The number of hydrogen-bond donors (Lipinski definition) is 1. The van der Waals surface area contributed by atoms with Gasteiger partial charge in [0.2, 0.25) is 0 Å². The maximum atomic E-state index is 12.0. The van der Waals surface area contributed by atoms with E-state index in [0.717, 1.165) is 18.5 Å². The third-order valence-corrected chi connectivity index (χ3v) is 5.33. The molecule has 3 rings (SSSR count). The molecule has 0 amide bonds. The molecule has 1 aliphatic carbocycles. The predicted octanol–water partition coefficient (Wildman–Crippen LogP) is 2.02. The van der Waals surface area contributed by atoms with Crippen molar-refractivity contribution >= 4 is 17.7 Å². The van der Waals surface area contributed by atoms with Gasteiger partial charge in [-0.3, -0.25) is 0 Å². The normalized spacial score (nSPS) is 36.8. The Morgan fingerprint density at radius 3 is 3.33 bits per heavy atom. The van der Waals surface area contributed by atoms with Crippen LogP contribution in [-0.4, -0.2) is 29.9 Å². The second-order valence-electron chi connectivity index (χ2n) is 4.78. The van der Waals surface area contributed by atoms with Gasteiger partial charge >= 0.3 is 5.97 Å². The van der Waals surface area contributed by atoms with Crippen molar-refractivity contribution in [1.29, 1.82) is 0 Å². The second-order valence-corrected chi connectivity index (χ2v) is 5.96. The minimum atomic E-state index is -0.143. The van der Waals surface area contributed by atoms with Crippen molar-refractivity contribution in [2.45, 2.75) is 24.1 Å². The van der Waals surface area contributed by atoms with Gasteiger partial charge in [-0.1, -0.05) is 24.3 Å². The number of hydrogen-bond acceptors (Lipinski definition) is 4. The third kappa shape index (κ3) is 1.67. The number of ether oxygens (including phenoxy) is 1. The molecule has 0 aromatic carbocycles. The maximum Gasteiger partial charge on any atom is 0.334 e. The SMILES string of the molecule is CCOC(=O)C1=CSC23C=CC=CC2NCCC13. The van der Waals surface area contributed by atoms with Crippen molar-refractivity contribution < 1.29 is 9.53 Å². The summed E-state index contributed by atoms with van der Waals surface area (Å²) in [5.74, 6) is 0.129. The first-order valence-corrected chi connectivity index (χ1v) is 7.30. The molecule has 0 saturated carbocycles. The van der Waals surface area contributed by atoms with E-state index in [1.54, 1.807) is 11.8 Å². The lowest BCUT2D eigenvalue weighted by molar-refractivity contribution is -0.139. The zero-order valence-corrected chi connectivity index (χ0v) is 11.2. The highest BCUT2D eigenvalue weighted by Crippen LogP contribution is 2.53. The summed E-state index contributed by atoms with van der Waals surface area (Å²) in [6.45, 7) is 3.25. The molecular weight excluding hydrogens is 246 g/mol. The number of allylic oxidation sites excluding steroid dienone is 2. The Kier molecular flexibility index (Phi) is 3.08. The van der Waals surface area contributed by atoms with E-state index in [9.17, 15) is 4.79 Å². The predicted molar refractivity (Wildman–Crippen MR) is 73.2 cm³/mol. The van der Waals surface area contributed by atoms with Crippen molar-refractivity contribution in [1.82, 2.24) is 5.32 Å². The van der Waals surface area contributed by atoms with E-state index >= 15 is 0 Å². The number of piperidine rings is 1. The first-order valence-electron chi connectivity index (χ1n) is 6.42. The molecule has 1 N–H and O–H groups in total. The summed E-state index contributed by atoms with van der Waals surface area (Å²) in [4.78, 5) is 12.0. The van der Waals surface area contributed by atoms with Gasteiger partial charge in [0.05, 0.1) is 11.4 Å². The molecule has 3 aliphatic rings. The quantitative estimate of drug-likeness (QED) is 0.774. The van der Waals surface area contributed by atoms with E-state index in [1.807, 2.05) is 12.3 Å². The molecule has 3 nitrogen and oxygen atoms in total. The van der Waals surface area contributed by atoms with Crippen LogP contribution in [0.1, 0.15) is 13.3 Å². The fourth-order valence-electron chi connectivity index (χ4n) is 3.05. The van der Waals surface area contributed by atoms with Gasteiger partial charge in [0.1, 0.15) is 0 Å². The van der Waals surface area contributed by atoms with Crippen molar-refractivity contribution in [2.75, 3.05) is 13.2 Å². The molecule has 18 heavy (non-hydrogen) atoms. The Morgan fingerprint density at radius 2 is 2.50 bits per heavy atom. The van der Waals surface area contributed by atoms with E-state index in [4.69, 9.17) is 4.74 Å². The van der Waals surface area contributed by atoms with Crippen LogP contribution in [0.15, 0.2) is 35.3 Å². The summed E-state index contributed by atoms with van der Waals surface area (Å²) < 4.78 is 5.15. The van der Waals surface area contributed by atoms with Crippen LogP contribution in [0.3, 0.4) is 0 Å². The topological polar surface area (TPSA) is 38.3 Å². The smallest absolute Gasteiger partial charge is 0.334 e. The van der Waals surface area contributed by atoms with Gasteiger partial charge in [0.25, 0.3) is 0 Å². The van der Waals surface area contributed by atoms with Crippen molar-refractivity contribution in [2.24, 2.45) is 5.92 Å². The molecule has 2 heterocycles. The molecule has 3 atom stereocenters. The number of esters is 1. The Bertz CT molecular complexity index is 455. The van der Waals surface area contributed by atoms with Gasteiger partial charge < -0.3 is 10.1 Å². The van der Waals surface area contributed by atoms with Gasteiger partial charge in [-0.15, -0.1) is 11.8 Å². The molecule has 0 radical (unpaired) electrons. The minimum Gasteiger partial charge on any atom is -0.463 e. The molecule has 96 valence electrons. The van der Waals surface area contributed by atoms with E-state index < -0.39 is 0 Å². The summed E-state index contributed by atoms with van der Waals surface area (Å²) in [6.07, 6.45) is 9.59. The van der Waals surface area contributed by atoms with Crippen LogP contribution in [0.4, 0.5) is 0 Å². The highest BCUT2D eigenvalue weighted by Gasteiger charge is 2.52. The van der Waals surface area contributed by atoms with Gasteiger partial charge in [-0.25, -0.2) is 4.79 Å². The van der Waals surface area contributed by atoms with Crippen molar-refractivity contribution in [3.8, 4) is 0 Å². The number of rotatable bonds is 2. The van der Waals surface area contributed by atoms with E-state index in [0.29, 0.717) is 12.6 Å².